The summed E-state index contributed by atoms with van der Waals surface area (Å²) in [6.07, 6.45) is 13.4. The van der Waals surface area contributed by atoms with Gasteiger partial charge in [-0.1, -0.05) is 459 Å². The summed E-state index contributed by atoms with van der Waals surface area (Å²) in [7, 11) is -1.02. The van der Waals surface area contributed by atoms with E-state index in [1.54, 1.807) is 45.7 Å². The van der Waals surface area contributed by atoms with Gasteiger partial charge in [0.15, 0.2) is 16.9 Å². The zero-order valence-electron chi connectivity index (χ0n) is 106. The van der Waals surface area contributed by atoms with Crippen LogP contribution in [0.15, 0.2) is 83.6 Å². The molecule has 0 aromatic carbocycles. The van der Waals surface area contributed by atoms with Gasteiger partial charge in [-0.2, -0.15) is 14.6 Å². The fourth-order valence-corrected chi connectivity index (χ4v) is 19.7. The molecule has 17 nitrogen and oxygen atoms in total. The third-order valence-corrected chi connectivity index (χ3v) is 30.7. The highest BCUT2D eigenvalue weighted by Crippen LogP contribution is 2.43. The first kappa shape index (κ1) is 141. The monoisotopic (exact) mass is 2230 g/mol. The van der Waals surface area contributed by atoms with E-state index in [0.29, 0.717) is 5.69 Å². The number of oxazole rings is 2. The molecule has 0 aliphatic carbocycles. The van der Waals surface area contributed by atoms with Gasteiger partial charge in [0, 0.05) is 144 Å². The number of hydrogen-bond donors (Lipinski definition) is 2. The van der Waals surface area contributed by atoms with E-state index in [1.165, 1.54) is 57.7 Å². The van der Waals surface area contributed by atoms with Crippen LogP contribution in [0.5, 0.6) is 0 Å². The van der Waals surface area contributed by atoms with Crippen LogP contribution in [-0.2, 0) is 114 Å². The Morgan fingerprint density at radius 1 is 0.395 bits per heavy atom. The molecule has 0 bridgehead atoms. The number of H-pyrrole nitrogens is 2. The Labute approximate surface area is 934 Å². The van der Waals surface area contributed by atoms with Gasteiger partial charge in [0.05, 0.1) is 92.4 Å². The van der Waals surface area contributed by atoms with Crippen molar-refractivity contribution in [1.82, 2.24) is 64.8 Å². The Bertz CT molecular complexity index is 4820. The highest BCUT2D eigenvalue weighted by molar-refractivity contribution is 9.11. The van der Waals surface area contributed by atoms with E-state index in [-0.39, 0.29) is 119 Å². The maximum Gasteiger partial charge on any atom is 0.200 e. The van der Waals surface area contributed by atoms with Gasteiger partial charge >= 0.3 is 0 Å². The fraction of sp³-hybridized carbons (Fsp3) is 0.727. The van der Waals surface area contributed by atoms with E-state index in [9.17, 15) is 8.60 Å². The van der Waals surface area contributed by atoms with Crippen LogP contribution >= 0.6 is 84.2 Å². The molecule has 10 aromatic rings. The number of aromatic amines is 2. The lowest BCUT2D eigenvalue weighted by Crippen LogP contribution is -2.23. The molecule has 26 heteroatoms. The first-order valence-electron chi connectivity index (χ1n) is 52.3. The smallest absolute Gasteiger partial charge is 0.200 e. The molecule has 10 aromatic heterocycles. The van der Waals surface area contributed by atoms with Gasteiger partial charge in [-0.15, -0.1) is 45.3 Å². The van der Waals surface area contributed by atoms with Crippen molar-refractivity contribution in [2.45, 2.75) is 560 Å². The number of rotatable bonds is 0. The zero-order valence-corrected chi connectivity index (χ0v) is 113. The fourth-order valence-electron chi connectivity index (χ4n) is 11.1. The molecule has 840 valence electrons. The van der Waals surface area contributed by atoms with Crippen molar-refractivity contribution in [3.05, 3.63) is 178 Å². The summed E-state index contributed by atoms with van der Waals surface area (Å²) in [5.74, 6) is 4.49. The van der Waals surface area contributed by atoms with E-state index < -0.39 is 10.8 Å². The molecule has 1 unspecified atom stereocenters. The molecule has 0 fully saturated rings. The molecule has 11 rings (SSSR count). The Balaban J connectivity index is 0.00000159. The second-order valence-electron chi connectivity index (χ2n) is 61.0. The third-order valence-electron chi connectivity index (χ3n) is 21.0. The first-order valence-corrected chi connectivity index (χ1v) is 58.8. The van der Waals surface area contributed by atoms with Crippen LogP contribution in [0, 0.1) is 21.9 Å². The Morgan fingerprint density at radius 2 is 0.823 bits per heavy atom. The van der Waals surface area contributed by atoms with E-state index >= 15 is 0 Å². The maximum atomic E-state index is 13.6. The van der Waals surface area contributed by atoms with Crippen molar-refractivity contribution in [2.75, 3.05) is 0 Å². The molecule has 1 aliphatic heterocycles. The minimum Gasteiger partial charge on any atom is -0.448 e. The molecule has 0 saturated heterocycles. The number of nitrogens with one attached hydrogen (secondary N) is 2. The average molecular weight is 2240 g/mol. The molecule has 0 amide bonds. The molecule has 1 aliphatic rings. The number of aromatic nitrogens is 13. The lowest BCUT2D eigenvalue weighted by atomic mass is 9.90. The third kappa shape index (κ3) is 51.1. The van der Waals surface area contributed by atoms with Crippen LogP contribution in [0.4, 0.5) is 4.39 Å². The highest BCUT2D eigenvalue weighted by Gasteiger charge is 2.36. The number of imidazole rings is 1. The van der Waals surface area contributed by atoms with Gasteiger partial charge in [0.1, 0.15) is 32.2 Å². The molecular formula is C121H211BrClFN14O3S6. The molecule has 11 heterocycles. The van der Waals surface area contributed by atoms with Gasteiger partial charge in [-0.05, 0) is 65.1 Å². The predicted octanol–water partition coefficient (Wildman–Crippen LogP) is 39.2. The molecule has 2 N–H and O–H groups in total. The molecule has 1 atom stereocenters. The zero-order chi connectivity index (χ0) is 117. The van der Waals surface area contributed by atoms with Crippen LogP contribution in [-0.4, -0.2) is 74.1 Å². The summed E-state index contributed by atoms with van der Waals surface area (Å²) >= 11 is 17.9. The van der Waals surface area contributed by atoms with Crippen molar-refractivity contribution in [3.63, 3.8) is 0 Å². The van der Waals surface area contributed by atoms with Crippen LogP contribution in [0.2, 0.25) is 4.34 Å². The minimum absolute atomic E-state index is 0.00347. The van der Waals surface area contributed by atoms with Crippen LogP contribution in [0.3, 0.4) is 0 Å². The number of thiazole rings is 5. The normalized spacial score (nSPS) is 14.1. The summed E-state index contributed by atoms with van der Waals surface area (Å²) in [6.45, 7) is 142. The topological polar surface area (TPSA) is 221 Å². The van der Waals surface area contributed by atoms with Crippen LogP contribution in [0.25, 0.3) is 0 Å². The summed E-state index contributed by atoms with van der Waals surface area (Å²) < 4.78 is 40.6. The summed E-state index contributed by atoms with van der Waals surface area (Å²) in [6, 6.07) is 2.10. The van der Waals surface area contributed by atoms with Gasteiger partial charge in [-0.25, -0.2) is 49.1 Å². The van der Waals surface area contributed by atoms with E-state index in [4.69, 9.17) is 25.4 Å². The maximum absolute atomic E-state index is 13.6. The van der Waals surface area contributed by atoms with Crippen LogP contribution in [0.1, 0.15) is 556 Å². The standard InChI is InChI=1S/C11H18BrNS.C11H18ClNS.C11H18FNS.2C11H20N2.C11H19NOS.2C11H19NO.2C11H19NS.C7H12N2.C4H10/c3*1-10(2,3)7-8(12)14-9(13-7)11(4,5)6;1-10(2,3)8-7-12-9(13-8)11(4,5)6;1-10(2,3)9-7-8-13(12-9)11(4,5)6;1-10(2,3)8-7-14(13)9(12-8)11(4,5)6;1-10(2,3)8-7-13-9(12-8)11(4,5)6;1-10(2,3)8-7-12-9(13-8)11(4,5)6;1-10(2,3)8-7-13-9(12-8)11(4,5)6;1-10(2,3)8-7-12-9(13-8)11(4,5)6;1-7(2,3)6-4-8-9-5-6;1-4(2)3/h3*1-6H3;7H,1-6H3,(H,12,13);7-8H,1-6H3;7H,1-6H3;4*7H,1-6H3;4-5H,1-3H3,(H,8,9);4H,1-3H3. The first-order chi connectivity index (χ1) is 64.6. The predicted molar refractivity (Wildman–Crippen MR) is 650 cm³/mol. The number of aliphatic imine (C=N–C) groups is 1. The summed E-state index contributed by atoms with van der Waals surface area (Å²) in [5.41, 5.74) is 11.3. The van der Waals surface area contributed by atoms with Gasteiger partial charge < -0.3 is 13.8 Å². The number of nitrogens with zero attached hydrogens (tertiary/aromatic N) is 12. The SMILES string of the molecule is CC(C)(C)C1=CS(=O)C(C(C)(C)C)=N1.CC(C)(C)c1ccn(C(C)(C)C)n1.CC(C)(C)c1cn[nH]c1.CC(C)(C)c1cnc(C(C)(C)C)[nH]1.CC(C)(C)c1cnc(C(C)(C)C)o1.CC(C)(C)c1cnc(C(C)(C)C)s1.CC(C)(C)c1coc(C(C)(C)C)n1.CC(C)(C)c1csc(C(C)(C)C)n1.CC(C)(C)c1nc(C(C)(C)C)c(Br)s1.CC(C)(C)c1nc(C(C)(C)C)c(Cl)s1.CC(C)(C)c1nc(C(C)(C)C)c(F)s1.CC(C)C. The van der Waals surface area contributed by atoms with E-state index in [0.717, 1.165) is 71.5 Å². The lowest BCUT2D eigenvalue weighted by Gasteiger charge is -2.20. The van der Waals surface area contributed by atoms with E-state index in [2.05, 4.69) is 509 Å². The highest BCUT2D eigenvalue weighted by atomic mass is 79.9. The Kier molecular flexibility index (Phi) is 50.4. The van der Waals surface area contributed by atoms with E-state index in [1.807, 2.05) is 88.5 Å². The molecule has 0 spiro atoms. The lowest BCUT2D eigenvalue weighted by molar-refractivity contribution is 0.335. The minimum atomic E-state index is -1.02. The molecule has 147 heavy (non-hydrogen) atoms. The molecular weight excluding hydrogens is 2020 g/mol. The van der Waals surface area contributed by atoms with Crippen LogP contribution < -0.4 is 0 Å². The number of halogens is 3. The Hall–Kier alpha value is -5.54. The summed E-state index contributed by atoms with van der Waals surface area (Å²) in [4.78, 5) is 45.3. The largest absolute Gasteiger partial charge is 0.448 e. The average Bonchev–Trinajstić information content (AvgIpc) is 1.66. The van der Waals surface area contributed by atoms with Gasteiger partial charge in [-0.3, -0.25) is 9.78 Å². The van der Waals surface area contributed by atoms with Crippen molar-refractivity contribution in [2.24, 2.45) is 21.7 Å². The Morgan fingerprint density at radius 3 is 1.04 bits per heavy atom. The molecule has 0 saturated carbocycles. The summed E-state index contributed by atoms with van der Waals surface area (Å²) in [5, 5.41) is 21.5. The van der Waals surface area contributed by atoms with Gasteiger partial charge in [0.2, 0.25) is 0 Å². The van der Waals surface area contributed by atoms with Crippen molar-refractivity contribution in [1.29, 1.82) is 0 Å². The van der Waals surface area contributed by atoms with Crippen molar-refractivity contribution >= 4 is 100 Å². The van der Waals surface area contributed by atoms with Crippen molar-refractivity contribution < 1.29 is 17.4 Å². The second kappa shape index (κ2) is 52.3. The van der Waals surface area contributed by atoms with Crippen molar-refractivity contribution in [3.8, 4) is 0 Å². The second-order valence-corrected chi connectivity index (χ2v) is 68.9. The van der Waals surface area contributed by atoms with Gasteiger partial charge in [0.25, 0.3) is 0 Å². The number of hydrogen-bond acceptors (Lipinski definition) is 19. The molecule has 0 radical (unpaired) electrons. The number of allylic oxidation sites excluding steroid dienone is 1. The quantitative estimate of drug-likeness (QED) is 0.144.